The second kappa shape index (κ2) is 6.42. The lowest BCUT2D eigenvalue weighted by Gasteiger charge is -2.09. The number of nitrogens with one attached hydrogen (secondary N) is 1. The van der Waals surface area contributed by atoms with Gasteiger partial charge in [0, 0.05) is 10.2 Å². The molecule has 0 bridgehead atoms. The van der Waals surface area contributed by atoms with Gasteiger partial charge in [0.1, 0.15) is 0 Å². The summed E-state index contributed by atoms with van der Waals surface area (Å²) in [6, 6.07) is 13.1. The van der Waals surface area contributed by atoms with E-state index < -0.39 is 0 Å². The molecule has 0 saturated carbocycles. The molecule has 0 fully saturated rings. The van der Waals surface area contributed by atoms with Crippen LogP contribution >= 0.6 is 27.5 Å². The fourth-order valence-electron chi connectivity index (χ4n) is 1.83. The molecule has 1 N–H and O–H groups in total. The highest BCUT2D eigenvalue weighted by atomic mass is 79.9. The highest BCUT2D eigenvalue weighted by Gasteiger charge is 2.12. The number of carbonyl (C=O) groups excluding carboxylic acids is 1. The Balaban J connectivity index is 2.17. The minimum Gasteiger partial charge on any atom is -0.322 e. The fourth-order valence-corrected chi connectivity index (χ4v) is 2.41. The van der Waals surface area contributed by atoms with Crippen molar-refractivity contribution in [3.05, 3.63) is 63.1 Å². The van der Waals surface area contributed by atoms with Crippen LogP contribution < -0.4 is 5.32 Å². The zero-order chi connectivity index (χ0) is 14.7. The van der Waals surface area contributed by atoms with Gasteiger partial charge in [0.15, 0.2) is 0 Å². The summed E-state index contributed by atoms with van der Waals surface area (Å²) >= 11 is 9.43. The van der Waals surface area contributed by atoms with Gasteiger partial charge in [0.2, 0.25) is 0 Å². The Morgan fingerprint density at radius 3 is 2.40 bits per heavy atom. The van der Waals surface area contributed by atoms with Crippen LogP contribution in [0.15, 0.2) is 46.9 Å². The predicted molar refractivity (Wildman–Crippen MR) is 87.6 cm³/mol. The summed E-state index contributed by atoms with van der Waals surface area (Å²) < 4.78 is 0.710. The SMILES string of the molecule is CC(C)c1ccc(NC(=O)c2cccc(Br)c2Cl)cc1. The third kappa shape index (κ3) is 3.41. The summed E-state index contributed by atoms with van der Waals surface area (Å²) in [6.07, 6.45) is 0. The van der Waals surface area contributed by atoms with Crippen LogP contribution in [0.1, 0.15) is 35.7 Å². The molecular weight excluding hydrogens is 338 g/mol. The van der Waals surface area contributed by atoms with E-state index in [-0.39, 0.29) is 5.91 Å². The van der Waals surface area contributed by atoms with Gasteiger partial charge < -0.3 is 5.32 Å². The van der Waals surface area contributed by atoms with E-state index in [0.717, 1.165) is 5.69 Å². The lowest BCUT2D eigenvalue weighted by Crippen LogP contribution is -2.12. The van der Waals surface area contributed by atoms with Gasteiger partial charge in [-0.2, -0.15) is 0 Å². The number of halogens is 2. The quantitative estimate of drug-likeness (QED) is 0.779. The molecule has 2 nitrogen and oxygen atoms in total. The normalized spacial score (nSPS) is 10.7. The Labute approximate surface area is 132 Å². The monoisotopic (exact) mass is 351 g/mol. The first-order chi connectivity index (χ1) is 9.49. The maximum Gasteiger partial charge on any atom is 0.257 e. The third-order valence-electron chi connectivity index (χ3n) is 3.03. The molecule has 0 saturated heterocycles. The molecule has 0 atom stereocenters. The van der Waals surface area contributed by atoms with Crippen LogP contribution in [0.2, 0.25) is 5.02 Å². The molecule has 104 valence electrons. The van der Waals surface area contributed by atoms with Crippen molar-refractivity contribution in [2.75, 3.05) is 5.32 Å². The highest BCUT2D eigenvalue weighted by Crippen LogP contribution is 2.26. The van der Waals surface area contributed by atoms with Gasteiger partial charge in [-0.15, -0.1) is 0 Å². The van der Waals surface area contributed by atoms with Crippen LogP contribution in [-0.2, 0) is 0 Å². The number of anilines is 1. The predicted octanol–water partition coefficient (Wildman–Crippen LogP) is 5.48. The van der Waals surface area contributed by atoms with Crippen LogP contribution in [-0.4, -0.2) is 5.91 Å². The molecule has 0 aromatic heterocycles. The molecule has 2 aromatic rings. The highest BCUT2D eigenvalue weighted by molar-refractivity contribution is 9.10. The number of amides is 1. The van der Waals surface area contributed by atoms with E-state index in [2.05, 4.69) is 35.1 Å². The first kappa shape index (κ1) is 15.1. The van der Waals surface area contributed by atoms with Crippen molar-refractivity contribution in [2.24, 2.45) is 0 Å². The van der Waals surface area contributed by atoms with Crippen LogP contribution in [0, 0.1) is 0 Å². The average Bonchev–Trinajstić information content (AvgIpc) is 2.42. The molecule has 0 spiro atoms. The maximum atomic E-state index is 12.2. The van der Waals surface area contributed by atoms with Crippen molar-refractivity contribution >= 4 is 39.1 Å². The summed E-state index contributed by atoms with van der Waals surface area (Å²) in [5.41, 5.74) is 2.45. The molecule has 0 radical (unpaired) electrons. The number of benzene rings is 2. The van der Waals surface area contributed by atoms with Gasteiger partial charge in [0.05, 0.1) is 10.6 Å². The van der Waals surface area contributed by atoms with Crippen LogP contribution in [0.5, 0.6) is 0 Å². The first-order valence-corrected chi connectivity index (χ1v) is 7.51. The smallest absolute Gasteiger partial charge is 0.257 e. The first-order valence-electron chi connectivity index (χ1n) is 6.34. The van der Waals surface area contributed by atoms with Gasteiger partial charge in [-0.3, -0.25) is 4.79 Å². The van der Waals surface area contributed by atoms with Gasteiger partial charge in [-0.05, 0) is 51.7 Å². The van der Waals surface area contributed by atoms with Crippen molar-refractivity contribution in [1.29, 1.82) is 0 Å². The summed E-state index contributed by atoms with van der Waals surface area (Å²) in [5, 5.41) is 3.27. The zero-order valence-corrected chi connectivity index (χ0v) is 13.6. The van der Waals surface area contributed by atoms with Crippen molar-refractivity contribution in [1.82, 2.24) is 0 Å². The van der Waals surface area contributed by atoms with Gasteiger partial charge >= 0.3 is 0 Å². The lowest BCUT2D eigenvalue weighted by atomic mass is 10.0. The largest absolute Gasteiger partial charge is 0.322 e. The third-order valence-corrected chi connectivity index (χ3v) is 4.33. The molecule has 0 unspecified atom stereocenters. The minimum absolute atomic E-state index is 0.214. The van der Waals surface area contributed by atoms with Crippen LogP contribution in [0.25, 0.3) is 0 Å². The van der Waals surface area contributed by atoms with Crippen molar-refractivity contribution in [3.8, 4) is 0 Å². The van der Waals surface area contributed by atoms with E-state index in [1.165, 1.54) is 5.56 Å². The Kier molecular flexibility index (Phi) is 4.84. The number of carbonyl (C=O) groups is 1. The summed E-state index contributed by atoms with van der Waals surface area (Å²) in [5.74, 6) is 0.257. The average molecular weight is 353 g/mol. The van der Waals surface area contributed by atoms with Gasteiger partial charge in [-0.25, -0.2) is 0 Å². The number of hydrogen-bond donors (Lipinski definition) is 1. The van der Waals surface area contributed by atoms with E-state index in [0.29, 0.717) is 21.0 Å². The maximum absolute atomic E-state index is 12.2. The Hall–Kier alpha value is -1.32. The van der Waals surface area contributed by atoms with Crippen molar-refractivity contribution in [2.45, 2.75) is 19.8 Å². The summed E-state index contributed by atoms with van der Waals surface area (Å²) in [6.45, 7) is 4.27. The molecule has 0 aliphatic heterocycles. The second-order valence-electron chi connectivity index (χ2n) is 4.83. The van der Waals surface area contributed by atoms with E-state index in [1.54, 1.807) is 18.2 Å². The molecule has 0 aliphatic rings. The Morgan fingerprint density at radius 2 is 1.80 bits per heavy atom. The van der Waals surface area contributed by atoms with E-state index in [1.807, 2.05) is 24.3 Å². The van der Waals surface area contributed by atoms with E-state index >= 15 is 0 Å². The minimum atomic E-state index is -0.214. The van der Waals surface area contributed by atoms with Crippen LogP contribution in [0.4, 0.5) is 5.69 Å². The molecule has 4 heteroatoms. The fraction of sp³-hybridized carbons (Fsp3) is 0.188. The number of rotatable bonds is 3. The molecule has 0 heterocycles. The number of hydrogen-bond acceptors (Lipinski definition) is 1. The van der Waals surface area contributed by atoms with E-state index in [9.17, 15) is 4.79 Å². The zero-order valence-electron chi connectivity index (χ0n) is 11.3. The lowest BCUT2D eigenvalue weighted by molar-refractivity contribution is 0.102. The molecular formula is C16H15BrClNO. The summed E-state index contributed by atoms with van der Waals surface area (Å²) in [7, 11) is 0. The molecule has 1 amide bonds. The standard InChI is InChI=1S/C16H15BrClNO/c1-10(2)11-6-8-12(9-7-11)19-16(20)13-4-3-5-14(17)15(13)18/h3-10H,1-2H3,(H,19,20). The molecule has 0 aliphatic carbocycles. The second-order valence-corrected chi connectivity index (χ2v) is 6.06. The molecule has 2 aromatic carbocycles. The summed E-state index contributed by atoms with van der Waals surface area (Å²) in [4.78, 5) is 12.2. The topological polar surface area (TPSA) is 29.1 Å². The Morgan fingerprint density at radius 1 is 1.15 bits per heavy atom. The van der Waals surface area contributed by atoms with E-state index in [4.69, 9.17) is 11.6 Å². The van der Waals surface area contributed by atoms with Crippen LogP contribution in [0.3, 0.4) is 0 Å². The van der Waals surface area contributed by atoms with Gasteiger partial charge in [-0.1, -0.05) is 43.6 Å². The van der Waals surface area contributed by atoms with Gasteiger partial charge in [0.25, 0.3) is 5.91 Å². The van der Waals surface area contributed by atoms with Crippen molar-refractivity contribution in [3.63, 3.8) is 0 Å². The Bertz CT molecular complexity index is 623. The van der Waals surface area contributed by atoms with Crippen molar-refractivity contribution < 1.29 is 4.79 Å². The molecule has 20 heavy (non-hydrogen) atoms. The molecule has 2 rings (SSSR count).